The number of fused-ring (bicyclic) bond motifs is 2. The SMILES string of the molecule is CN1CCN(C2CCN(C(=O)C(Cc3ccc4[nH]ncc4c3)OC(=O)N3CCC(N4Cc5cscc5NC4=O)CC3)CC2)CC1. The van der Waals surface area contributed by atoms with Crippen LogP contribution in [0.3, 0.4) is 0 Å². The molecule has 0 radical (unpaired) electrons. The van der Waals surface area contributed by atoms with Crippen LogP contribution in [0.15, 0.2) is 35.2 Å². The highest BCUT2D eigenvalue weighted by atomic mass is 32.1. The number of benzene rings is 1. The van der Waals surface area contributed by atoms with Crippen LogP contribution in [-0.2, 0) is 22.5 Å². The van der Waals surface area contributed by atoms with E-state index in [9.17, 15) is 14.4 Å². The number of anilines is 1. The predicted octanol–water partition coefficient (Wildman–Crippen LogP) is 3.42. The summed E-state index contributed by atoms with van der Waals surface area (Å²) in [6.45, 7) is 7.17. The van der Waals surface area contributed by atoms with E-state index >= 15 is 0 Å². The largest absolute Gasteiger partial charge is 0.436 e. The molecular formula is C32H42N8O4S. The number of H-pyrrole nitrogens is 1. The molecule has 2 N–H and O–H groups in total. The molecule has 3 saturated heterocycles. The van der Waals surface area contributed by atoms with E-state index in [-0.39, 0.29) is 18.0 Å². The number of nitrogens with one attached hydrogen (secondary N) is 2. The molecule has 0 bridgehead atoms. The van der Waals surface area contributed by atoms with Crippen molar-refractivity contribution in [1.29, 1.82) is 0 Å². The van der Waals surface area contributed by atoms with Crippen molar-refractivity contribution in [2.24, 2.45) is 0 Å². The van der Waals surface area contributed by atoms with Crippen molar-refractivity contribution in [2.45, 2.75) is 56.8 Å². The van der Waals surface area contributed by atoms with Crippen LogP contribution in [0.25, 0.3) is 10.9 Å². The first-order valence-electron chi connectivity index (χ1n) is 16.1. The third kappa shape index (κ3) is 6.52. The first kappa shape index (κ1) is 30.0. The summed E-state index contributed by atoms with van der Waals surface area (Å²) in [6.07, 6.45) is 3.88. The number of carbonyl (C=O) groups excluding carboxylic acids is 3. The van der Waals surface area contributed by atoms with E-state index in [1.807, 2.05) is 33.4 Å². The number of piperazine rings is 1. The molecule has 6 heterocycles. The van der Waals surface area contributed by atoms with Crippen LogP contribution in [0.2, 0.25) is 0 Å². The average molecular weight is 635 g/mol. The molecule has 2 aromatic heterocycles. The Morgan fingerprint density at radius 2 is 1.71 bits per heavy atom. The maximum atomic E-state index is 14.0. The van der Waals surface area contributed by atoms with Crippen molar-refractivity contribution in [3.63, 3.8) is 0 Å². The number of hydrogen-bond acceptors (Lipinski definition) is 8. The minimum absolute atomic E-state index is 0.0443. The second kappa shape index (κ2) is 13.0. The molecule has 4 aliphatic rings. The molecule has 12 nitrogen and oxygen atoms in total. The highest BCUT2D eigenvalue weighted by molar-refractivity contribution is 7.08. The van der Waals surface area contributed by atoms with E-state index < -0.39 is 12.2 Å². The van der Waals surface area contributed by atoms with Crippen LogP contribution in [0.4, 0.5) is 15.3 Å². The van der Waals surface area contributed by atoms with Gasteiger partial charge in [-0.1, -0.05) is 6.07 Å². The molecule has 7 rings (SSSR count). The topological polar surface area (TPSA) is 117 Å². The fourth-order valence-corrected chi connectivity index (χ4v) is 7.98. The molecule has 3 aromatic rings. The number of likely N-dealkylation sites (N-methyl/N-ethyl adjacent to an activating group) is 1. The van der Waals surface area contributed by atoms with Gasteiger partial charge in [-0.3, -0.25) is 14.8 Å². The summed E-state index contributed by atoms with van der Waals surface area (Å²) < 4.78 is 6.06. The molecule has 1 unspecified atom stereocenters. The highest BCUT2D eigenvalue weighted by Gasteiger charge is 2.37. The number of likely N-dealkylation sites (tertiary alicyclic amines) is 2. The number of aromatic nitrogens is 2. The summed E-state index contributed by atoms with van der Waals surface area (Å²) in [7, 11) is 2.17. The second-order valence-corrected chi connectivity index (χ2v) is 13.6. The molecule has 0 saturated carbocycles. The van der Waals surface area contributed by atoms with Crippen molar-refractivity contribution in [3.05, 3.63) is 46.3 Å². The normalized spacial score (nSPS) is 21.5. The van der Waals surface area contributed by atoms with E-state index in [4.69, 9.17) is 4.74 Å². The Morgan fingerprint density at radius 1 is 0.978 bits per heavy atom. The Hall–Kier alpha value is -3.68. The lowest BCUT2D eigenvalue weighted by Gasteiger charge is -2.42. The number of aromatic amines is 1. The van der Waals surface area contributed by atoms with E-state index in [1.54, 1.807) is 22.4 Å². The van der Waals surface area contributed by atoms with Gasteiger partial charge in [-0.05, 0) is 55.8 Å². The smallest absolute Gasteiger partial charge is 0.410 e. The van der Waals surface area contributed by atoms with Crippen LogP contribution in [0.5, 0.6) is 0 Å². The highest BCUT2D eigenvalue weighted by Crippen LogP contribution is 2.30. The summed E-state index contributed by atoms with van der Waals surface area (Å²) in [5.74, 6) is -0.126. The van der Waals surface area contributed by atoms with Gasteiger partial charge in [0.25, 0.3) is 5.91 Å². The molecule has 1 aromatic carbocycles. The predicted molar refractivity (Wildman–Crippen MR) is 172 cm³/mol. The van der Waals surface area contributed by atoms with Crippen molar-refractivity contribution >= 4 is 46.0 Å². The summed E-state index contributed by atoms with van der Waals surface area (Å²) in [5, 5.41) is 15.1. The zero-order valence-corrected chi connectivity index (χ0v) is 26.6. The average Bonchev–Trinajstić information content (AvgIpc) is 3.73. The standard InChI is InChI=1S/C32H42N8O4S/c1-36-12-14-37(15-13-36)25-4-8-38(9-5-25)30(41)29(17-22-2-3-27-23(16-22)18-33-35-27)44-32(43)39-10-6-26(7-11-39)40-19-24-20-45-21-28(24)34-31(40)42/h2-3,16,18,20-21,25-26,29H,4-15,17,19H2,1H3,(H,33,35)(H,34,42). The van der Waals surface area contributed by atoms with E-state index in [0.29, 0.717) is 58.0 Å². The molecule has 0 spiro atoms. The van der Waals surface area contributed by atoms with Crippen LogP contribution in [0.1, 0.15) is 36.8 Å². The lowest BCUT2D eigenvalue weighted by atomic mass is 10.00. The fourth-order valence-electron chi connectivity index (χ4n) is 7.20. The molecule has 3 fully saturated rings. The summed E-state index contributed by atoms with van der Waals surface area (Å²) >= 11 is 1.59. The number of nitrogens with zero attached hydrogens (tertiary/aromatic N) is 6. The van der Waals surface area contributed by atoms with Gasteiger partial charge in [-0.15, -0.1) is 11.3 Å². The number of thiophene rings is 1. The Labute approximate surface area is 267 Å². The zero-order valence-electron chi connectivity index (χ0n) is 25.8. The number of amides is 4. The summed E-state index contributed by atoms with van der Waals surface area (Å²) in [4.78, 5) is 50.7. The molecule has 4 aliphatic heterocycles. The van der Waals surface area contributed by atoms with Crippen molar-refractivity contribution in [1.82, 2.24) is 34.7 Å². The van der Waals surface area contributed by atoms with Gasteiger partial charge in [0.05, 0.1) is 23.9 Å². The van der Waals surface area contributed by atoms with Crippen LogP contribution in [-0.4, -0.2) is 130 Å². The van der Waals surface area contributed by atoms with Gasteiger partial charge >= 0.3 is 12.1 Å². The maximum absolute atomic E-state index is 14.0. The molecule has 4 amide bonds. The van der Waals surface area contributed by atoms with Gasteiger partial charge in [-0.2, -0.15) is 5.10 Å². The van der Waals surface area contributed by atoms with E-state index in [1.165, 1.54) is 0 Å². The second-order valence-electron chi connectivity index (χ2n) is 12.9. The van der Waals surface area contributed by atoms with Gasteiger partial charge in [-0.25, -0.2) is 9.59 Å². The Kier molecular flexibility index (Phi) is 8.65. The number of hydrogen-bond donors (Lipinski definition) is 2. The number of urea groups is 1. The Morgan fingerprint density at radius 3 is 2.49 bits per heavy atom. The monoisotopic (exact) mass is 634 g/mol. The molecule has 0 aliphatic carbocycles. The Bertz CT molecular complexity index is 1520. The van der Waals surface area contributed by atoms with Gasteiger partial charge in [0.1, 0.15) is 0 Å². The van der Waals surface area contributed by atoms with Crippen LogP contribution < -0.4 is 5.32 Å². The number of piperidine rings is 2. The number of rotatable bonds is 6. The van der Waals surface area contributed by atoms with E-state index in [0.717, 1.165) is 66.7 Å². The molecular weight excluding hydrogens is 592 g/mol. The molecule has 1 atom stereocenters. The third-order valence-electron chi connectivity index (χ3n) is 10.0. The molecule has 240 valence electrons. The van der Waals surface area contributed by atoms with Gasteiger partial charge < -0.3 is 29.7 Å². The van der Waals surface area contributed by atoms with E-state index in [2.05, 4.69) is 37.7 Å². The van der Waals surface area contributed by atoms with Crippen LogP contribution >= 0.6 is 11.3 Å². The first-order valence-corrected chi connectivity index (χ1v) is 17.1. The number of ether oxygens (including phenoxy) is 1. The van der Waals surface area contributed by atoms with Crippen molar-refractivity contribution < 1.29 is 19.1 Å². The minimum atomic E-state index is -0.912. The van der Waals surface area contributed by atoms with Crippen molar-refractivity contribution in [3.8, 4) is 0 Å². The molecule has 45 heavy (non-hydrogen) atoms. The summed E-state index contributed by atoms with van der Waals surface area (Å²) in [6, 6.07) is 6.36. The lowest BCUT2D eigenvalue weighted by Crippen LogP contribution is -2.54. The maximum Gasteiger partial charge on any atom is 0.410 e. The minimum Gasteiger partial charge on any atom is -0.436 e. The lowest BCUT2D eigenvalue weighted by molar-refractivity contribution is -0.142. The van der Waals surface area contributed by atoms with Gasteiger partial charge in [0, 0.05) is 87.2 Å². The van der Waals surface area contributed by atoms with Crippen molar-refractivity contribution in [2.75, 3.05) is 64.7 Å². The summed E-state index contributed by atoms with van der Waals surface area (Å²) in [5.41, 5.74) is 3.87. The molecule has 13 heteroatoms. The third-order valence-corrected chi connectivity index (χ3v) is 10.8. The van der Waals surface area contributed by atoms with Gasteiger partial charge in [0.15, 0.2) is 6.10 Å². The van der Waals surface area contributed by atoms with Crippen LogP contribution in [0, 0.1) is 0 Å². The quantitative estimate of drug-likeness (QED) is 0.427. The van der Waals surface area contributed by atoms with Gasteiger partial charge in [0.2, 0.25) is 0 Å². The zero-order chi connectivity index (χ0) is 30.9. The fraction of sp³-hybridized carbons (Fsp3) is 0.562. The first-order chi connectivity index (χ1) is 21.9. The number of carbonyl (C=O) groups is 3. The Balaban J connectivity index is 0.989.